The Hall–Kier alpha value is -0.330. The largest absolute Gasteiger partial charge is 0.387 e. The average molecular weight is 234 g/mol. The minimum atomic E-state index is -1.29. The van der Waals surface area contributed by atoms with Gasteiger partial charge in [-0.3, -0.25) is 4.99 Å². The highest BCUT2D eigenvalue weighted by Gasteiger charge is 2.49. The zero-order chi connectivity index (χ0) is 11.0. The molecule has 0 aromatic heterocycles. The van der Waals surface area contributed by atoms with Gasteiger partial charge < -0.3 is 15.2 Å². The molecule has 15 heavy (non-hydrogen) atoms. The zero-order valence-electron chi connectivity index (χ0n) is 8.68. The second-order valence-electron chi connectivity index (χ2n) is 3.70. The number of nitrogens with zero attached hydrogens (tertiary/aromatic N) is 1. The molecule has 0 amide bonds. The van der Waals surface area contributed by atoms with Gasteiger partial charge in [0.25, 0.3) is 0 Å². The van der Waals surface area contributed by atoms with Crippen molar-refractivity contribution in [2.24, 2.45) is 4.99 Å². The van der Waals surface area contributed by atoms with Gasteiger partial charge >= 0.3 is 0 Å². The van der Waals surface area contributed by atoms with Gasteiger partial charge in [-0.25, -0.2) is 4.39 Å². The van der Waals surface area contributed by atoms with Crippen LogP contribution in [0.2, 0.25) is 0 Å². The molecule has 5 atom stereocenters. The molecule has 2 saturated heterocycles. The van der Waals surface area contributed by atoms with E-state index in [-0.39, 0.29) is 5.44 Å². The predicted octanol–water partition coefficient (Wildman–Crippen LogP) is 0.511. The Morgan fingerprint density at radius 2 is 2.40 bits per heavy atom. The summed E-state index contributed by atoms with van der Waals surface area (Å²) < 4.78 is 19.4. The third-order valence-electron chi connectivity index (χ3n) is 2.78. The van der Waals surface area contributed by atoms with Gasteiger partial charge in [0.15, 0.2) is 11.3 Å². The molecule has 5 unspecified atom stereocenters. The lowest BCUT2D eigenvalue weighted by Gasteiger charge is -2.37. The van der Waals surface area contributed by atoms with Gasteiger partial charge in [-0.2, -0.15) is 0 Å². The van der Waals surface area contributed by atoms with Crippen LogP contribution in [0.3, 0.4) is 0 Å². The average Bonchev–Trinajstić information content (AvgIpc) is 2.66. The topological polar surface area (TPSA) is 53.8 Å². The maximum atomic E-state index is 13.8. The molecule has 0 saturated carbocycles. The molecule has 0 aromatic rings. The number of aliphatic hydroxyl groups is 1. The zero-order valence-corrected chi connectivity index (χ0v) is 9.50. The highest BCUT2D eigenvalue weighted by atomic mass is 32.2. The number of fused-ring (bicyclic) bond motifs is 1. The third kappa shape index (κ3) is 1.86. The molecule has 0 bridgehead atoms. The molecule has 2 aliphatic heterocycles. The molecule has 0 aliphatic carbocycles. The van der Waals surface area contributed by atoms with Crippen LogP contribution in [0.25, 0.3) is 0 Å². The van der Waals surface area contributed by atoms with Gasteiger partial charge in [0, 0.05) is 7.05 Å². The van der Waals surface area contributed by atoms with Crippen molar-refractivity contribution in [2.45, 2.75) is 43.2 Å². The van der Waals surface area contributed by atoms with E-state index in [1.807, 2.05) is 6.92 Å². The Morgan fingerprint density at radius 1 is 1.67 bits per heavy atom. The lowest BCUT2D eigenvalue weighted by atomic mass is 9.98. The summed E-state index contributed by atoms with van der Waals surface area (Å²) in [6.07, 6.45) is -2.13. The summed E-state index contributed by atoms with van der Waals surface area (Å²) in [4.78, 5) is 3.96. The molecule has 2 fully saturated rings. The number of thioether (sulfide) groups is 1. The summed E-state index contributed by atoms with van der Waals surface area (Å²) >= 11 is 1.39. The van der Waals surface area contributed by atoms with Gasteiger partial charge in [0.2, 0.25) is 0 Å². The monoisotopic (exact) mass is 234 g/mol. The van der Waals surface area contributed by atoms with Crippen molar-refractivity contribution in [1.29, 1.82) is 0 Å². The van der Waals surface area contributed by atoms with Gasteiger partial charge in [0.05, 0.1) is 12.1 Å². The van der Waals surface area contributed by atoms with Crippen LogP contribution in [-0.4, -0.2) is 47.2 Å². The smallest absolute Gasteiger partial charge is 0.159 e. The van der Waals surface area contributed by atoms with E-state index in [0.29, 0.717) is 11.6 Å². The van der Waals surface area contributed by atoms with Gasteiger partial charge in [-0.15, -0.1) is 0 Å². The third-order valence-corrected chi connectivity index (χ3v) is 3.94. The molecule has 2 N–H and O–H groups in total. The minimum Gasteiger partial charge on any atom is -0.387 e. The molecule has 0 aromatic carbocycles. The summed E-state index contributed by atoms with van der Waals surface area (Å²) in [5, 5.41) is 13.3. The Labute approximate surface area is 92.3 Å². The molecule has 6 heteroatoms. The first-order chi connectivity index (χ1) is 7.17. The maximum absolute atomic E-state index is 13.8. The number of amidine groups is 1. The molecule has 86 valence electrons. The van der Waals surface area contributed by atoms with Crippen LogP contribution >= 0.6 is 11.8 Å². The summed E-state index contributed by atoms with van der Waals surface area (Å²) in [7, 11) is 1.65. The van der Waals surface area contributed by atoms with E-state index in [2.05, 4.69) is 10.3 Å². The van der Waals surface area contributed by atoms with Crippen LogP contribution in [-0.2, 0) is 4.74 Å². The fourth-order valence-corrected chi connectivity index (χ4v) is 2.99. The minimum absolute atomic E-state index is 0.271. The normalized spacial score (nSPS) is 47.7. The highest BCUT2D eigenvalue weighted by molar-refractivity contribution is 8.14. The summed E-state index contributed by atoms with van der Waals surface area (Å²) in [6.45, 7) is 1.88. The second kappa shape index (κ2) is 4.27. The van der Waals surface area contributed by atoms with Gasteiger partial charge in [-0.1, -0.05) is 18.7 Å². The molecular weight excluding hydrogens is 219 g/mol. The first kappa shape index (κ1) is 11.2. The fraction of sp³-hybridized carbons (Fsp3) is 0.889. The van der Waals surface area contributed by atoms with Crippen LogP contribution in [0, 0.1) is 0 Å². The molecule has 0 spiro atoms. The molecule has 2 heterocycles. The Morgan fingerprint density at radius 3 is 3.00 bits per heavy atom. The number of nitrogens with one attached hydrogen (secondary N) is 1. The number of alkyl halides is 1. The lowest BCUT2D eigenvalue weighted by Crippen LogP contribution is -2.56. The van der Waals surface area contributed by atoms with Crippen LogP contribution in [0.5, 0.6) is 0 Å². The van der Waals surface area contributed by atoms with E-state index in [1.165, 1.54) is 11.8 Å². The number of hydrogen-bond acceptors (Lipinski definition) is 4. The number of hydrogen-bond donors (Lipinski definition) is 2. The SMILES string of the molecule is CCC1OC2SC(=NC)NC2C(F)C1O. The maximum Gasteiger partial charge on any atom is 0.159 e. The highest BCUT2D eigenvalue weighted by Crippen LogP contribution is 2.35. The van der Waals surface area contributed by atoms with Crippen LogP contribution in [0.4, 0.5) is 4.39 Å². The molecule has 4 nitrogen and oxygen atoms in total. The summed E-state index contributed by atoms with van der Waals surface area (Å²) in [5.41, 5.74) is -0.271. The Kier molecular flexibility index (Phi) is 3.18. The van der Waals surface area contributed by atoms with Crippen molar-refractivity contribution in [1.82, 2.24) is 5.32 Å². The standard InChI is InChI=1S/C9H15FN2O2S/c1-3-4-7(13)5(10)6-8(14-4)15-9(11-2)12-6/h4-8,13H,3H2,1-2H3,(H,11,12). The first-order valence-electron chi connectivity index (χ1n) is 5.05. The van der Waals surface area contributed by atoms with Gasteiger partial charge in [0.1, 0.15) is 11.5 Å². The van der Waals surface area contributed by atoms with Crippen molar-refractivity contribution in [3.8, 4) is 0 Å². The number of aliphatic imine (C=N–C) groups is 1. The van der Waals surface area contributed by atoms with E-state index in [9.17, 15) is 9.50 Å². The van der Waals surface area contributed by atoms with Crippen molar-refractivity contribution >= 4 is 16.9 Å². The quantitative estimate of drug-likeness (QED) is 0.694. The van der Waals surface area contributed by atoms with E-state index in [1.54, 1.807) is 7.05 Å². The van der Waals surface area contributed by atoms with E-state index < -0.39 is 24.4 Å². The van der Waals surface area contributed by atoms with Crippen LogP contribution < -0.4 is 5.32 Å². The van der Waals surface area contributed by atoms with Crippen molar-refractivity contribution < 1.29 is 14.2 Å². The lowest BCUT2D eigenvalue weighted by molar-refractivity contribution is -0.134. The van der Waals surface area contributed by atoms with Crippen molar-refractivity contribution in [3.05, 3.63) is 0 Å². The number of ether oxygens (including phenoxy) is 1. The van der Waals surface area contributed by atoms with Crippen LogP contribution in [0.15, 0.2) is 4.99 Å². The molecular formula is C9H15FN2O2S. The number of aliphatic hydroxyl groups excluding tert-OH is 1. The van der Waals surface area contributed by atoms with Crippen molar-refractivity contribution in [2.75, 3.05) is 7.05 Å². The first-order valence-corrected chi connectivity index (χ1v) is 5.93. The summed E-state index contributed by atoms with van der Waals surface area (Å²) in [6, 6.07) is -0.480. The van der Waals surface area contributed by atoms with E-state index in [4.69, 9.17) is 4.74 Å². The van der Waals surface area contributed by atoms with E-state index in [0.717, 1.165) is 0 Å². The number of rotatable bonds is 1. The molecule has 0 radical (unpaired) electrons. The van der Waals surface area contributed by atoms with Gasteiger partial charge in [-0.05, 0) is 6.42 Å². The van der Waals surface area contributed by atoms with Crippen LogP contribution in [0.1, 0.15) is 13.3 Å². The fourth-order valence-electron chi connectivity index (χ4n) is 1.90. The Balaban J connectivity index is 2.13. The molecule has 2 aliphatic rings. The summed E-state index contributed by atoms with van der Waals surface area (Å²) in [5.74, 6) is 0. The molecule has 2 rings (SSSR count). The predicted molar refractivity (Wildman–Crippen MR) is 57.7 cm³/mol. The van der Waals surface area contributed by atoms with E-state index >= 15 is 0 Å². The Bertz CT molecular complexity index is 277. The second-order valence-corrected chi connectivity index (χ2v) is 4.79. The van der Waals surface area contributed by atoms with Crippen molar-refractivity contribution in [3.63, 3.8) is 0 Å². The number of halogens is 1.